The molecule has 13 heteroatoms. The predicted molar refractivity (Wildman–Crippen MR) is 251 cm³/mol. The van der Waals surface area contributed by atoms with Crippen LogP contribution in [0.2, 0.25) is 5.28 Å². The predicted octanol–water partition coefficient (Wildman–Crippen LogP) is 11.7. The number of ether oxygens (including phenoxy) is 1. The van der Waals surface area contributed by atoms with Gasteiger partial charge in [-0.3, -0.25) is 20.3 Å². The number of carbonyl (C=O) groups excluding carboxylic acids is 1. The van der Waals surface area contributed by atoms with Gasteiger partial charge < -0.3 is 15.4 Å². The highest BCUT2D eigenvalue weighted by molar-refractivity contribution is 6.29. The molecule has 0 unspecified atom stereocenters. The average Bonchev–Trinajstić information content (AvgIpc) is 3.30. The fourth-order valence-corrected chi connectivity index (χ4v) is 7.02. The number of nitrogens with zero attached hydrogens (tertiary/aromatic N) is 7. The van der Waals surface area contributed by atoms with Crippen LogP contribution in [0.1, 0.15) is 32.2 Å². The van der Waals surface area contributed by atoms with Crippen molar-refractivity contribution in [2.75, 3.05) is 16.0 Å². The first-order valence-electron chi connectivity index (χ1n) is 20.3. The van der Waals surface area contributed by atoms with Crippen LogP contribution in [0, 0.1) is 0 Å². The zero-order valence-corrected chi connectivity index (χ0v) is 35.6. The number of anilines is 3. The largest absolute Gasteiger partial charge is 0.444 e. The summed E-state index contributed by atoms with van der Waals surface area (Å²) in [5.74, 6) is 1.87. The summed E-state index contributed by atoms with van der Waals surface area (Å²) >= 11 is 6.13. The quantitative estimate of drug-likeness (QED) is 0.113. The first-order chi connectivity index (χ1) is 30.7. The number of hydrogen-bond acceptors (Lipinski definition) is 11. The third kappa shape index (κ3) is 10.7. The Labute approximate surface area is 369 Å². The lowest BCUT2D eigenvalue weighted by atomic mass is 10.0. The Morgan fingerprint density at radius 3 is 1.67 bits per heavy atom. The molecule has 0 aliphatic heterocycles. The Morgan fingerprint density at radius 1 is 0.587 bits per heavy atom. The molecule has 63 heavy (non-hydrogen) atoms. The summed E-state index contributed by atoms with van der Waals surface area (Å²) in [6.07, 6.45) is 6.22. The molecule has 0 saturated carbocycles. The molecular weight excluding hydrogens is 808 g/mol. The lowest BCUT2D eigenvalue weighted by Gasteiger charge is -2.19. The zero-order chi connectivity index (χ0) is 43.6. The van der Waals surface area contributed by atoms with Gasteiger partial charge in [0.1, 0.15) is 17.2 Å². The van der Waals surface area contributed by atoms with Crippen LogP contribution in [0.5, 0.6) is 0 Å². The minimum Gasteiger partial charge on any atom is -0.444 e. The lowest BCUT2D eigenvalue weighted by molar-refractivity contribution is 0.0636. The number of hydrogen-bond donors (Lipinski definition) is 3. The number of pyridine rings is 3. The van der Waals surface area contributed by atoms with E-state index < -0.39 is 11.7 Å². The number of carbonyl (C=O) groups is 1. The standard InChI is InChI=1S/C30H28N6O2.C20H15ClN4/c1-30(2,3)38-29(37)34-23-16-21(17-31-18-23)27-35-25-14-9-13-24(20-10-5-4-6-11-20)26(25)28(36-27)33-19-22-12-7-8-15-32-22;21-20-24-17-11-6-10-16(14-7-2-1-3-8-14)18(17)19(25-20)23-13-15-9-4-5-12-22-15/h4-18H,19H2,1-3H3,(H,34,37)(H,33,35,36);1-12H,13H2,(H,23,24,25). The molecule has 0 bridgehead atoms. The summed E-state index contributed by atoms with van der Waals surface area (Å²) in [7, 11) is 0. The second-order valence-corrected chi connectivity index (χ2v) is 15.6. The molecule has 12 nitrogen and oxygen atoms in total. The van der Waals surface area contributed by atoms with E-state index in [1.54, 1.807) is 30.9 Å². The molecule has 0 aliphatic rings. The van der Waals surface area contributed by atoms with E-state index in [1.807, 2.05) is 118 Å². The van der Waals surface area contributed by atoms with Gasteiger partial charge in [0.05, 0.1) is 58.2 Å². The molecule has 0 radical (unpaired) electrons. The van der Waals surface area contributed by atoms with E-state index >= 15 is 0 Å². The summed E-state index contributed by atoms with van der Waals surface area (Å²) in [4.78, 5) is 43.9. The maximum absolute atomic E-state index is 12.3. The zero-order valence-electron chi connectivity index (χ0n) is 34.8. The van der Waals surface area contributed by atoms with Crippen molar-refractivity contribution < 1.29 is 9.53 Å². The molecule has 0 aliphatic carbocycles. The van der Waals surface area contributed by atoms with Crippen LogP contribution in [-0.2, 0) is 17.8 Å². The van der Waals surface area contributed by atoms with E-state index in [0.29, 0.717) is 41.8 Å². The summed E-state index contributed by atoms with van der Waals surface area (Å²) < 4.78 is 5.37. The SMILES string of the molecule is CC(C)(C)OC(=O)Nc1cncc(-c2nc(NCc3ccccn3)c3c(-c4ccccc4)cccc3n2)c1.Clc1nc(NCc2ccccn2)c2c(-c3ccccc3)cccc2n1. The molecule has 0 atom stereocenters. The number of aromatic nitrogens is 7. The van der Waals surface area contributed by atoms with Crippen LogP contribution in [0.3, 0.4) is 0 Å². The number of halogens is 1. The first-order valence-corrected chi connectivity index (χ1v) is 20.7. The topological polar surface area (TPSA) is 153 Å². The van der Waals surface area contributed by atoms with E-state index in [4.69, 9.17) is 26.3 Å². The van der Waals surface area contributed by atoms with Crippen LogP contribution < -0.4 is 16.0 Å². The molecule has 312 valence electrons. The van der Waals surface area contributed by atoms with Gasteiger partial charge in [0, 0.05) is 24.2 Å². The Morgan fingerprint density at radius 2 is 1.13 bits per heavy atom. The van der Waals surface area contributed by atoms with Crippen LogP contribution >= 0.6 is 11.6 Å². The second-order valence-electron chi connectivity index (χ2n) is 15.3. The molecule has 3 N–H and O–H groups in total. The highest BCUT2D eigenvalue weighted by atomic mass is 35.5. The van der Waals surface area contributed by atoms with Gasteiger partial charge in [0.25, 0.3) is 0 Å². The smallest absolute Gasteiger partial charge is 0.412 e. The Kier molecular flexibility index (Phi) is 12.8. The molecule has 0 spiro atoms. The molecule has 0 fully saturated rings. The highest BCUT2D eigenvalue weighted by Crippen LogP contribution is 2.35. The monoisotopic (exact) mass is 850 g/mol. The van der Waals surface area contributed by atoms with Crippen molar-refractivity contribution in [3.8, 4) is 33.6 Å². The van der Waals surface area contributed by atoms with E-state index in [2.05, 4.69) is 77.3 Å². The Bertz CT molecular complexity index is 2970. The van der Waals surface area contributed by atoms with E-state index in [9.17, 15) is 4.79 Å². The molecule has 0 saturated heterocycles. The highest BCUT2D eigenvalue weighted by Gasteiger charge is 2.19. The molecule has 5 heterocycles. The molecule has 4 aromatic carbocycles. The maximum atomic E-state index is 12.3. The van der Waals surface area contributed by atoms with Gasteiger partial charge in [-0.05, 0) is 97.1 Å². The van der Waals surface area contributed by atoms with Gasteiger partial charge in [-0.15, -0.1) is 0 Å². The molecule has 9 aromatic rings. The van der Waals surface area contributed by atoms with Crippen LogP contribution in [-0.4, -0.2) is 46.6 Å². The van der Waals surface area contributed by atoms with Crippen molar-refractivity contribution in [1.82, 2.24) is 34.9 Å². The van der Waals surface area contributed by atoms with Gasteiger partial charge in [-0.25, -0.2) is 24.7 Å². The number of fused-ring (bicyclic) bond motifs is 2. The fourth-order valence-electron chi connectivity index (χ4n) is 6.85. The third-order valence-corrected chi connectivity index (χ3v) is 9.73. The number of nitrogens with one attached hydrogen (secondary N) is 3. The van der Waals surface area contributed by atoms with Gasteiger partial charge in [0.15, 0.2) is 5.82 Å². The fraction of sp³-hybridized carbons (Fsp3) is 0.120. The summed E-state index contributed by atoms with van der Waals surface area (Å²) in [6.45, 7) is 6.49. The van der Waals surface area contributed by atoms with Crippen molar-refractivity contribution in [3.63, 3.8) is 0 Å². The van der Waals surface area contributed by atoms with Crippen molar-refractivity contribution in [2.45, 2.75) is 39.5 Å². The van der Waals surface area contributed by atoms with Crippen molar-refractivity contribution >= 4 is 56.8 Å². The van der Waals surface area contributed by atoms with Crippen molar-refractivity contribution in [3.05, 3.63) is 181 Å². The Balaban J connectivity index is 0.000000188. The minimum atomic E-state index is -0.610. The van der Waals surface area contributed by atoms with Crippen LogP contribution in [0.25, 0.3) is 55.4 Å². The lowest BCUT2D eigenvalue weighted by Crippen LogP contribution is -2.27. The summed E-state index contributed by atoms with van der Waals surface area (Å²) in [6, 6.07) is 45.8. The average molecular weight is 851 g/mol. The number of rotatable bonds is 10. The van der Waals surface area contributed by atoms with Gasteiger partial charge >= 0.3 is 6.09 Å². The first kappa shape index (κ1) is 41.9. The molecule has 5 aromatic heterocycles. The molecule has 9 rings (SSSR count). The second kappa shape index (κ2) is 19.3. The van der Waals surface area contributed by atoms with Crippen LogP contribution in [0.15, 0.2) is 164 Å². The molecule has 1 amide bonds. The minimum absolute atomic E-state index is 0.223. The third-order valence-electron chi connectivity index (χ3n) is 9.56. The van der Waals surface area contributed by atoms with Gasteiger partial charge in [-0.1, -0.05) is 97.1 Å². The van der Waals surface area contributed by atoms with E-state index in [1.165, 1.54) is 0 Å². The Hall–Kier alpha value is -7.83. The van der Waals surface area contributed by atoms with Crippen molar-refractivity contribution in [2.24, 2.45) is 0 Å². The summed E-state index contributed by atoms with van der Waals surface area (Å²) in [5, 5.41) is 11.7. The normalized spacial score (nSPS) is 11.0. The molecular formula is C50H43ClN10O2. The number of benzene rings is 4. The van der Waals surface area contributed by atoms with Crippen LogP contribution in [0.4, 0.5) is 22.1 Å². The van der Waals surface area contributed by atoms with E-state index in [0.717, 1.165) is 55.4 Å². The maximum Gasteiger partial charge on any atom is 0.412 e. The number of amides is 1. The summed E-state index contributed by atoms with van der Waals surface area (Å²) in [5.41, 5.74) is 8.23. The van der Waals surface area contributed by atoms with Gasteiger partial charge in [0.2, 0.25) is 5.28 Å². The van der Waals surface area contributed by atoms with Crippen molar-refractivity contribution in [1.29, 1.82) is 0 Å². The van der Waals surface area contributed by atoms with Gasteiger partial charge in [-0.2, -0.15) is 0 Å². The van der Waals surface area contributed by atoms with E-state index in [-0.39, 0.29) is 5.28 Å².